The van der Waals surface area contributed by atoms with Crippen LogP contribution < -0.4 is 4.90 Å². The molecule has 0 spiro atoms. The van der Waals surface area contributed by atoms with E-state index in [1.807, 2.05) is 24.2 Å². The van der Waals surface area contributed by atoms with Crippen molar-refractivity contribution in [2.24, 2.45) is 5.92 Å². The van der Waals surface area contributed by atoms with E-state index in [2.05, 4.69) is 65.8 Å². The van der Waals surface area contributed by atoms with Crippen LogP contribution in [0.15, 0.2) is 45.7 Å². The molecule has 0 radical (unpaired) electrons. The first-order valence-corrected chi connectivity index (χ1v) is 12.8. The van der Waals surface area contributed by atoms with E-state index >= 15 is 0 Å². The molecule has 2 aliphatic rings. The Balaban J connectivity index is 1.20. The Labute approximate surface area is 195 Å². The van der Waals surface area contributed by atoms with Crippen LogP contribution in [-0.2, 0) is 19.4 Å². The van der Waals surface area contributed by atoms with Crippen LogP contribution in [0, 0.1) is 5.92 Å². The van der Waals surface area contributed by atoms with E-state index < -0.39 is 0 Å². The largest absolute Gasteiger partial charge is 0.370 e. The lowest BCUT2D eigenvalue weighted by Crippen LogP contribution is -2.34. The summed E-state index contributed by atoms with van der Waals surface area (Å²) in [5.41, 5.74) is 5.03. The van der Waals surface area contributed by atoms with Crippen molar-refractivity contribution in [2.45, 2.75) is 32.2 Å². The summed E-state index contributed by atoms with van der Waals surface area (Å²) >= 11 is 5.22. The van der Waals surface area contributed by atoms with Crippen LogP contribution in [0.4, 0.5) is 5.69 Å². The topological polar surface area (TPSA) is 58.3 Å². The van der Waals surface area contributed by atoms with Crippen LogP contribution in [0.5, 0.6) is 0 Å². The van der Waals surface area contributed by atoms with Gasteiger partial charge in [0, 0.05) is 38.2 Å². The maximum Gasteiger partial charge on any atom is 0.257 e. The van der Waals surface area contributed by atoms with E-state index in [1.54, 1.807) is 0 Å². The normalized spacial score (nSPS) is 17.7. The fourth-order valence-electron chi connectivity index (χ4n) is 4.48. The molecule has 162 valence electrons. The van der Waals surface area contributed by atoms with Gasteiger partial charge < -0.3 is 9.42 Å². The Kier molecular flexibility index (Phi) is 6.29. The molecule has 1 fully saturated rings. The van der Waals surface area contributed by atoms with Crippen molar-refractivity contribution < 1.29 is 4.52 Å². The molecule has 0 amide bonds. The summed E-state index contributed by atoms with van der Waals surface area (Å²) in [4.78, 5) is 11.5. The number of rotatable bonds is 5. The molecular weight excluding hydrogens is 474 g/mol. The number of hydrogen-bond donors (Lipinski definition) is 0. The van der Waals surface area contributed by atoms with E-state index in [1.165, 1.54) is 16.8 Å². The van der Waals surface area contributed by atoms with Crippen LogP contribution in [0.25, 0.3) is 11.5 Å². The van der Waals surface area contributed by atoms with Crippen molar-refractivity contribution in [2.75, 3.05) is 30.8 Å². The highest BCUT2D eigenvalue weighted by Crippen LogP contribution is 2.29. The minimum Gasteiger partial charge on any atom is -0.370 e. The predicted molar refractivity (Wildman–Crippen MR) is 128 cm³/mol. The number of piperidine rings is 1. The molecule has 0 atom stereocenters. The molecule has 2 aromatic heterocycles. The van der Waals surface area contributed by atoms with E-state index in [9.17, 15) is 0 Å². The fraction of sp³-hybridized carbons (Fsp3) is 0.435. The minimum atomic E-state index is 0.589. The molecule has 4 heterocycles. The monoisotopic (exact) mass is 499 g/mol. The Morgan fingerprint density at radius 2 is 2.00 bits per heavy atom. The molecule has 0 N–H and O–H groups in total. The van der Waals surface area contributed by atoms with Gasteiger partial charge in [0.05, 0.1) is 11.9 Å². The van der Waals surface area contributed by atoms with Crippen LogP contribution in [0.2, 0.25) is 0 Å². The van der Waals surface area contributed by atoms with Gasteiger partial charge in [-0.2, -0.15) is 4.98 Å². The SMILES string of the molecule is CSN1CCc2cc(-c3nc(CC4CCN(c5ccc(Br)nc5)CC4)no3)ccc2C1. The van der Waals surface area contributed by atoms with Crippen LogP contribution >= 0.6 is 27.9 Å². The van der Waals surface area contributed by atoms with Crippen molar-refractivity contribution in [1.82, 2.24) is 19.4 Å². The molecule has 0 aliphatic carbocycles. The standard InChI is InChI=1S/C23H26BrN5OS/c1-31-29-11-8-17-13-18(2-3-19(17)15-29)23-26-22(27-30-23)12-16-6-9-28(10-7-16)20-4-5-21(24)25-14-20/h2-5,13-14,16H,6-12,15H2,1H3. The maximum atomic E-state index is 5.63. The number of benzene rings is 1. The van der Waals surface area contributed by atoms with Gasteiger partial charge in [0.25, 0.3) is 5.89 Å². The van der Waals surface area contributed by atoms with Gasteiger partial charge in [-0.3, -0.25) is 0 Å². The molecule has 2 aliphatic heterocycles. The first-order valence-electron chi connectivity index (χ1n) is 10.8. The Morgan fingerprint density at radius 3 is 2.77 bits per heavy atom. The summed E-state index contributed by atoms with van der Waals surface area (Å²) < 4.78 is 8.90. The van der Waals surface area contributed by atoms with Crippen molar-refractivity contribution >= 4 is 33.6 Å². The second-order valence-electron chi connectivity index (χ2n) is 8.27. The highest BCUT2D eigenvalue weighted by Gasteiger charge is 2.23. The number of aromatic nitrogens is 3. The maximum absolute atomic E-state index is 5.63. The van der Waals surface area contributed by atoms with E-state index in [-0.39, 0.29) is 0 Å². The zero-order valence-electron chi connectivity index (χ0n) is 17.6. The lowest BCUT2D eigenvalue weighted by Gasteiger charge is -2.33. The van der Waals surface area contributed by atoms with Crippen LogP contribution in [-0.4, -0.2) is 45.3 Å². The van der Waals surface area contributed by atoms with Crippen molar-refractivity contribution in [3.05, 3.63) is 58.1 Å². The van der Waals surface area contributed by atoms with E-state index in [4.69, 9.17) is 9.51 Å². The van der Waals surface area contributed by atoms with Crippen LogP contribution in [0.1, 0.15) is 29.8 Å². The first kappa shape index (κ1) is 21.0. The van der Waals surface area contributed by atoms with Gasteiger partial charge in [-0.1, -0.05) is 23.2 Å². The summed E-state index contributed by atoms with van der Waals surface area (Å²) in [6.07, 6.45) is 8.28. The third kappa shape index (κ3) is 4.81. The predicted octanol–water partition coefficient (Wildman–Crippen LogP) is 4.99. The summed E-state index contributed by atoms with van der Waals surface area (Å²) in [5, 5.41) is 4.28. The lowest BCUT2D eigenvalue weighted by atomic mass is 9.93. The van der Waals surface area contributed by atoms with Crippen molar-refractivity contribution in [3.8, 4) is 11.5 Å². The molecule has 31 heavy (non-hydrogen) atoms. The van der Waals surface area contributed by atoms with Gasteiger partial charge in [-0.25, -0.2) is 9.29 Å². The first-order chi connectivity index (χ1) is 15.2. The summed E-state index contributed by atoms with van der Waals surface area (Å²) in [6, 6.07) is 10.7. The highest BCUT2D eigenvalue weighted by atomic mass is 79.9. The minimum absolute atomic E-state index is 0.589. The number of hydrogen-bond acceptors (Lipinski definition) is 7. The average molecular weight is 500 g/mol. The molecule has 0 unspecified atom stereocenters. The average Bonchev–Trinajstić information content (AvgIpc) is 3.28. The van der Waals surface area contributed by atoms with Gasteiger partial charge in [-0.05, 0) is 82.8 Å². The van der Waals surface area contributed by atoms with E-state index in [0.717, 1.165) is 67.9 Å². The second-order valence-corrected chi connectivity index (χ2v) is 9.96. The molecule has 5 rings (SSSR count). The van der Waals surface area contributed by atoms with Crippen molar-refractivity contribution in [1.29, 1.82) is 0 Å². The molecule has 1 saturated heterocycles. The zero-order chi connectivity index (χ0) is 21.2. The fourth-order valence-corrected chi connectivity index (χ4v) is 5.26. The zero-order valence-corrected chi connectivity index (χ0v) is 20.0. The molecule has 0 bridgehead atoms. The summed E-state index contributed by atoms with van der Waals surface area (Å²) in [7, 11) is 0. The van der Waals surface area contributed by atoms with Crippen molar-refractivity contribution in [3.63, 3.8) is 0 Å². The number of nitrogens with zero attached hydrogens (tertiary/aromatic N) is 5. The molecule has 8 heteroatoms. The van der Waals surface area contributed by atoms with Gasteiger partial charge in [0.1, 0.15) is 4.60 Å². The van der Waals surface area contributed by atoms with Gasteiger partial charge in [0.15, 0.2) is 5.82 Å². The number of halogens is 1. The van der Waals surface area contributed by atoms with Gasteiger partial charge in [-0.15, -0.1) is 0 Å². The molecule has 6 nitrogen and oxygen atoms in total. The van der Waals surface area contributed by atoms with Gasteiger partial charge >= 0.3 is 0 Å². The smallest absolute Gasteiger partial charge is 0.257 e. The molecule has 0 saturated carbocycles. The van der Waals surface area contributed by atoms with Gasteiger partial charge in [0.2, 0.25) is 0 Å². The number of anilines is 1. The highest BCUT2D eigenvalue weighted by molar-refractivity contribution is 9.10. The second kappa shape index (κ2) is 9.30. The quantitative estimate of drug-likeness (QED) is 0.362. The third-order valence-corrected chi connectivity index (χ3v) is 7.62. The molecule has 1 aromatic carbocycles. The third-order valence-electron chi connectivity index (χ3n) is 6.32. The van der Waals surface area contributed by atoms with E-state index in [0.29, 0.717) is 11.8 Å². The number of fused-ring (bicyclic) bond motifs is 1. The molecular formula is C23H26BrN5OS. The lowest BCUT2D eigenvalue weighted by molar-refractivity contribution is 0.378. The summed E-state index contributed by atoms with van der Waals surface area (Å²) in [5.74, 6) is 2.06. The summed E-state index contributed by atoms with van der Waals surface area (Å²) in [6.45, 7) is 4.16. The number of pyridine rings is 1. The van der Waals surface area contributed by atoms with Crippen LogP contribution in [0.3, 0.4) is 0 Å². The Morgan fingerprint density at radius 1 is 1.13 bits per heavy atom. The Hall–Kier alpha value is -1.90. The molecule has 3 aromatic rings. The Bertz CT molecular complexity index is 1030.